The normalized spacial score (nSPS) is 11.0. The fourth-order valence-corrected chi connectivity index (χ4v) is 2.83. The van der Waals surface area contributed by atoms with Crippen molar-refractivity contribution in [1.29, 1.82) is 0 Å². The van der Waals surface area contributed by atoms with Gasteiger partial charge >= 0.3 is 0 Å². The minimum absolute atomic E-state index is 0.0340. The predicted molar refractivity (Wildman–Crippen MR) is 114 cm³/mol. The van der Waals surface area contributed by atoms with Gasteiger partial charge in [0.2, 0.25) is 0 Å². The highest BCUT2D eigenvalue weighted by molar-refractivity contribution is 6.29. The molecule has 0 saturated carbocycles. The van der Waals surface area contributed by atoms with Crippen molar-refractivity contribution in [3.8, 4) is 5.75 Å². The average Bonchev–Trinajstić information content (AvgIpc) is 2.74. The van der Waals surface area contributed by atoms with Gasteiger partial charge in [0.05, 0.1) is 17.2 Å². The van der Waals surface area contributed by atoms with Crippen LogP contribution in [0.4, 0.5) is 11.4 Å². The summed E-state index contributed by atoms with van der Waals surface area (Å²) in [4.78, 5) is 23.7. The van der Waals surface area contributed by atoms with Crippen molar-refractivity contribution < 1.29 is 14.5 Å². The maximum absolute atomic E-state index is 13.1. The lowest BCUT2D eigenvalue weighted by Gasteiger charge is -2.13. The second kappa shape index (κ2) is 9.32. The van der Waals surface area contributed by atoms with Crippen LogP contribution in [-0.2, 0) is 4.79 Å². The SMILES string of the molecule is CCOc1ccccc1NC(=O)C(=Cc1cccc([N+](=O)[O-])c1)c1ccccc1. The summed E-state index contributed by atoms with van der Waals surface area (Å²) in [7, 11) is 0. The van der Waals surface area contributed by atoms with Gasteiger partial charge in [-0.2, -0.15) is 0 Å². The summed E-state index contributed by atoms with van der Waals surface area (Å²) in [6.07, 6.45) is 1.64. The van der Waals surface area contributed by atoms with Gasteiger partial charge in [0.15, 0.2) is 0 Å². The van der Waals surface area contributed by atoms with E-state index in [-0.39, 0.29) is 11.6 Å². The molecule has 0 aliphatic heterocycles. The Kier molecular flexibility index (Phi) is 6.37. The zero-order chi connectivity index (χ0) is 20.6. The number of rotatable bonds is 7. The third-order valence-electron chi connectivity index (χ3n) is 4.16. The molecule has 0 aliphatic rings. The van der Waals surface area contributed by atoms with Crippen LogP contribution in [0.3, 0.4) is 0 Å². The number of anilines is 1. The Morgan fingerprint density at radius 2 is 1.76 bits per heavy atom. The van der Waals surface area contributed by atoms with Crippen molar-refractivity contribution in [2.75, 3.05) is 11.9 Å². The standard InChI is InChI=1S/C23H20N2O4/c1-2-29-22-14-7-6-13-21(22)24-23(26)20(18-10-4-3-5-11-18)16-17-9-8-12-19(15-17)25(27)28/h3-16H,2H2,1H3,(H,24,26). The molecule has 1 amide bonds. The highest BCUT2D eigenvalue weighted by atomic mass is 16.6. The molecule has 29 heavy (non-hydrogen) atoms. The summed E-state index contributed by atoms with van der Waals surface area (Å²) in [5.74, 6) is 0.237. The minimum Gasteiger partial charge on any atom is -0.492 e. The number of carbonyl (C=O) groups is 1. The molecule has 0 aliphatic carbocycles. The van der Waals surface area contributed by atoms with Crippen molar-refractivity contribution in [2.45, 2.75) is 6.92 Å². The third-order valence-corrected chi connectivity index (χ3v) is 4.16. The van der Waals surface area contributed by atoms with E-state index in [1.807, 2.05) is 49.4 Å². The highest BCUT2D eigenvalue weighted by Gasteiger charge is 2.15. The number of ether oxygens (including phenoxy) is 1. The van der Waals surface area contributed by atoms with Crippen LogP contribution in [0.25, 0.3) is 11.6 Å². The predicted octanol–water partition coefficient (Wildman–Crippen LogP) is 5.17. The molecule has 0 saturated heterocycles. The Morgan fingerprint density at radius 1 is 1.03 bits per heavy atom. The third kappa shape index (κ3) is 5.07. The first-order chi connectivity index (χ1) is 14.1. The monoisotopic (exact) mass is 388 g/mol. The Labute approximate surface area is 168 Å². The number of nitrogens with zero attached hydrogens (tertiary/aromatic N) is 1. The molecule has 6 nitrogen and oxygen atoms in total. The lowest BCUT2D eigenvalue weighted by atomic mass is 10.0. The van der Waals surface area contributed by atoms with Gasteiger partial charge in [0, 0.05) is 17.7 Å². The number of carbonyl (C=O) groups excluding carboxylic acids is 1. The number of para-hydroxylation sites is 2. The Morgan fingerprint density at radius 3 is 2.48 bits per heavy atom. The summed E-state index contributed by atoms with van der Waals surface area (Å²) in [5.41, 5.74) is 2.17. The van der Waals surface area contributed by atoms with Gasteiger partial charge in [-0.25, -0.2) is 0 Å². The summed E-state index contributed by atoms with van der Waals surface area (Å²) in [6.45, 7) is 2.35. The number of benzene rings is 3. The maximum Gasteiger partial charge on any atom is 0.270 e. The van der Waals surface area contributed by atoms with E-state index in [1.54, 1.807) is 30.3 Å². The van der Waals surface area contributed by atoms with Gasteiger partial charge in [0.1, 0.15) is 5.75 Å². The fourth-order valence-electron chi connectivity index (χ4n) is 2.83. The summed E-state index contributed by atoms with van der Waals surface area (Å²) in [6, 6.07) is 22.5. The number of amides is 1. The molecule has 3 aromatic carbocycles. The summed E-state index contributed by atoms with van der Waals surface area (Å²) < 4.78 is 5.57. The Balaban J connectivity index is 2.00. The van der Waals surface area contributed by atoms with Crippen LogP contribution >= 0.6 is 0 Å². The quantitative estimate of drug-likeness (QED) is 0.262. The van der Waals surface area contributed by atoms with Crippen molar-refractivity contribution in [3.05, 3.63) is 100 Å². The molecule has 0 atom stereocenters. The molecule has 0 bridgehead atoms. The molecular weight excluding hydrogens is 368 g/mol. The molecule has 3 aromatic rings. The number of nitrogens with one attached hydrogen (secondary N) is 1. The van der Waals surface area contributed by atoms with Crippen molar-refractivity contribution >= 4 is 28.9 Å². The summed E-state index contributed by atoms with van der Waals surface area (Å²) >= 11 is 0. The molecule has 3 rings (SSSR count). The maximum atomic E-state index is 13.1. The number of hydrogen-bond donors (Lipinski definition) is 1. The summed E-state index contributed by atoms with van der Waals surface area (Å²) in [5, 5.41) is 14.0. The molecule has 6 heteroatoms. The molecular formula is C23H20N2O4. The first-order valence-electron chi connectivity index (χ1n) is 9.13. The van der Waals surface area contributed by atoms with E-state index in [0.29, 0.717) is 34.7 Å². The second-order valence-electron chi connectivity index (χ2n) is 6.16. The zero-order valence-electron chi connectivity index (χ0n) is 15.9. The van der Waals surface area contributed by atoms with Crippen molar-refractivity contribution in [2.24, 2.45) is 0 Å². The molecule has 0 radical (unpaired) electrons. The van der Waals surface area contributed by atoms with Gasteiger partial charge < -0.3 is 10.1 Å². The van der Waals surface area contributed by atoms with E-state index < -0.39 is 4.92 Å². The largest absolute Gasteiger partial charge is 0.492 e. The first-order valence-corrected chi connectivity index (χ1v) is 9.13. The Hall–Kier alpha value is -3.93. The van der Waals surface area contributed by atoms with Gasteiger partial charge in [-0.15, -0.1) is 0 Å². The van der Waals surface area contributed by atoms with Gasteiger partial charge in [-0.1, -0.05) is 54.6 Å². The van der Waals surface area contributed by atoms with Crippen LogP contribution < -0.4 is 10.1 Å². The number of hydrogen-bond acceptors (Lipinski definition) is 4. The van der Waals surface area contributed by atoms with E-state index >= 15 is 0 Å². The van der Waals surface area contributed by atoms with Gasteiger partial charge in [-0.3, -0.25) is 14.9 Å². The number of nitro benzene ring substituents is 1. The number of nitro groups is 1. The van der Waals surface area contributed by atoms with E-state index in [0.717, 1.165) is 0 Å². The molecule has 0 aromatic heterocycles. The first kappa shape index (κ1) is 19.8. The van der Waals surface area contributed by atoms with Crippen LogP contribution in [0.15, 0.2) is 78.9 Å². The van der Waals surface area contributed by atoms with E-state index in [4.69, 9.17) is 4.74 Å². The average molecular weight is 388 g/mol. The van der Waals surface area contributed by atoms with Crippen LogP contribution in [-0.4, -0.2) is 17.4 Å². The molecule has 0 heterocycles. The van der Waals surface area contributed by atoms with E-state index in [2.05, 4.69) is 5.32 Å². The van der Waals surface area contributed by atoms with Crippen molar-refractivity contribution in [3.63, 3.8) is 0 Å². The zero-order valence-corrected chi connectivity index (χ0v) is 15.9. The minimum atomic E-state index is -0.460. The van der Waals surface area contributed by atoms with Crippen LogP contribution in [0.5, 0.6) is 5.75 Å². The fraction of sp³-hybridized carbons (Fsp3) is 0.0870. The van der Waals surface area contributed by atoms with E-state index in [9.17, 15) is 14.9 Å². The second-order valence-corrected chi connectivity index (χ2v) is 6.16. The lowest BCUT2D eigenvalue weighted by molar-refractivity contribution is -0.384. The number of non-ortho nitro benzene ring substituents is 1. The van der Waals surface area contributed by atoms with E-state index in [1.165, 1.54) is 12.1 Å². The molecule has 0 unspecified atom stereocenters. The van der Waals surface area contributed by atoms with Crippen LogP contribution in [0.1, 0.15) is 18.1 Å². The van der Waals surface area contributed by atoms with Gasteiger partial charge in [0.25, 0.3) is 11.6 Å². The molecule has 146 valence electrons. The smallest absolute Gasteiger partial charge is 0.270 e. The topological polar surface area (TPSA) is 81.5 Å². The molecule has 0 fully saturated rings. The van der Waals surface area contributed by atoms with Crippen LogP contribution in [0, 0.1) is 10.1 Å². The lowest BCUT2D eigenvalue weighted by Crippen LogP contribution is -2.14. The van der Waals surface area contributed by atoms with Crippen LogP contribution in [0.2, 0.25) is 0 Å². The Bertz CT molecular complexity index is 1050. The van der Waals surface area contributed by atoms with Gasteiger partial charge in [-0.05, 0) is 36.3 Å². The highest BCUT2D eigenvalue weighted by Crippen LogP contribution is 2.27. The molecule has 0 spiro atoms. The van der Waals surface area contributed by atoms with Crippen molar-refractivity contribution in [1.82, 2.24) is 0 Å². The molecule has 1 N–H and O–H groups in total.